The zero-order valence-corrected chi connectivity index (χ0v) is 16.3. The molecule has 6 nitrogen and oxygen atoms in total. The van der Waals surface area contributed by atoms with E-state index in [2.05, 4.69) is 15.5 Å². The highest BCUT2D eigenvalue weighted by atomic mass is 32.2. The van der Waals surface area contributed by atoms with Gasteiger partial charge in [-0.25, -0.2) is 0 Å². The Bertz CT molecular complexity index is 656. The molecule has 1 aromatic rings. The summed E-state index contributed by atoms with van der Waals surface area (Å²) in [6, 6.07) is 9.68. The van der Waals surface area contributed by atoms with E-state index in [9.17, 15) is 9.59 Å². The Balaban J connectivity index is 1.42. The van der Waals surface area contributed by atoms with E-state index >= 15 is 0 Å². The minimum absolute atomic E-state index is 0.0211. The number of rotatable bonds is 5. The van der Waals surface area contributed by atoms with Crippen LogP contribution >= 0.6 is 24.0 Å². The summed E-state index contributed by atoms with van der Waals surface area (Å²) in [4.78, 5) is 28.8. The second-order valence-electron chi connectivity index (χ2n) is 6.51. The van der Waals surface area contributed by atoms with E-state index in [-0.39, 0.29) is 17.9 Å². The second-order valence-corrected chi connectivity index (χ2v) is 8.21. The van der Waals surface area contributed by atoms with Crippen molar-refractivity contribution in [1.29, 1.82) is 0 Å². The third-order valence-corrected chi connectivity index (χ3v) is 5.92. The molecule has 0 radical (unpaired) electrons. The SMILES string of the molecule is O=C(CN1CCCN(C(=O)C2CSC(=S)N2)CC1)NCc1ccccc1. The van der Waals surface area contributed by atoms with Crippen LogP contribution in [0.2, 0.25) is 0 Å². The lowest BCUT2D eigenvalue weighted by atomic mass is 10.2. The van der Waals surface area contributed by atoms with Crippen molar-refractivity contribution in [2.45, 2.75) is 19.0 Å². The van der Waals surface area contributed by atoms with Crippen LogP contribution in [0, 0.1) is 0 Å². The van der Waals surface area contributed by atoms with Gasteiger partial charge in [0.15, 0.2) is 0 Å². The summed E-state index contributed by atoms with van der Waals surface area (Å²) in [7, 11) is 0. The maximum Gasteiger partial charge on any atom is 0.246 e. The quantitative estimate of drug-likeness (QED) is 0.724. The number of carbonyl (C=O) groups is 2. The predicted octanol–water partition coefficient (Wildman–Crippen LogP) is 0.827. The smallest absolute Gasteiger partial charge is 0.246 e. The number of hydrogen-bond acceptors (Lipinski definition) is 5. The molecule has 26 heavy (non-hydrogen) atoms. The first-order valence-corrected chi connectivity index (χ1v) is 10.3. The summed E-state index contributed by atoms with van der Waals surface area (Å²) < 4.78 is 0.704. The number of nitrogens with zero attached hydrogens (tertiary/aromatic N) is 2. The van der Waals surface area contributed by atoms with Crippen molar-refractivity contribution < 1.29 is 9.59 Å². The van der Waals surface area contributed by atoms with E-state index in [0.717, 1.165) is 31.6 Å². The van der Waals surface area contributed by atoms with E-state index in [0.29, 0.717) is 29.7 Å². The molecule has 0 aliphatic carbocycles. The first-order chi connectivity index (χ1) is 12.6. The van der Waals surface area contributed by atoms with Gasteiger partial charge in [0.2, 0.25) is 11.8 Å². The van der Waals surface area contributed by atoms with Gasteiger partial charge in [0.1, 0.15) is 10.4 Å². The zero-order valence-electron chi connectivity index (χ0n) is 14.6. The van der Waals surface area contributed by atoms with Gasteiger partial charge in [-0.3, -0.25) is 14.5 Å². The summed E-state index contributed by atoms with van der Waals surface area (Å²) in [5.41, 5.74) is 1.09. The number of benzene rings is 1. The molecule has 1 aromatic carbocycles. The highest BCUT2D eigenvalue weighted by Gasteiger charge is 2.30. The Kier molecular flexibility index (Phi) is 6.87. The summed E-state index contributed by atoms with van der Waals surface area (Å²) in [6.45, 7) is 3.85. The van der Waals surface area contributed by atoms with E-state index in [1.807, 2.05) is 35.2 Å². The monoisotopic (exact) mass is 392 g/mol. The molecule has 0 spiro atoms. The van der Waals surface area contributed by atoms with E-state index < -0.39 is 0 Å². The molecule has 8 heteroatoms. The normalized spacial score (nSPS) is 21.2. The summed E-state index contributed by atoms with van der Waals surface area (Å²) in [6.07, 6.45) is 0.877. The van der Waals surface area contributed by atoms with E-state index in [1.165, 1.54) is 11.8 Å². The molecule has 2 heterocycles. The number of nitrogens with one attached hydrogen (secondary N) is 2. The lowest BCUT2D eigenvalue weighted by Crippen LogP contribution is -2.47. The largest absolute Gasteiger partial charge is 0.359 e. The van der Waals surface area contributed by atoms with Gasteiger partial charge in [-0.15, -0.1) is 0 Å². The fourth-order valence-electron chi connectivity index (χ4n) is 3.14. The predicted molar refractivity (Wildman–Crippen MR) is 108 cm³/mol. The summed E-state index contributed by atoms with van der Waals surface area (Å²) in [5, 5.41) is 6.03. The Hall–Kier alpha value is -1.64. The van der Waals surface area contributed by atoms with Gasteiger partial charge in [-0.05, 0) is 12.0 Å². The van der Waals surface area contributed by atoms with Crippen molar-refractivity contribution in [2.24, 2.45) is 0 Å². The number of hydrogen-bond donors (Lipinski definition) is 2. The highest BCUT2D eigenvalue weighted by molar-refractivity contribution is 8.23. The van der Waals surface area contributed by atoms with E-state index in [4.69, 9.17) is 12.2 Å². The molecule has 2 fully saturated rings. The van der Waals surface area contributed by atoms with Gasteiger partial charge in [0, 0.05) is 38.5 Å². The topological polar surface area (TPSA) is 64.7 Å². The van der Waals surface area contributed by atoms with Gasteiger partial charge in [0.25, 0.3) is 0 Å². The van der Waals surface area contributed by atoms with Crippen LogP contribution in [0.25, 0.3) is 0 Å². The molecule has 1 unspecified atom stereocenters. The Morgan fingerprint density at radius 1 is 1.19 bits per heavy atom. The van der Waals surface area contributed by atoms with Crippen LogP contribution in [0.5, 0.6) is 0 Å². The van der Waals surface area contributed by atoms with Crippen LogP contribution in [-0.4, -0.2) is 70.5 Å². The first kappa shape index (κ1) is 19.1. The number of thioether (sulfide) groups is 1. The maximum atomic E-state index is 12.6. The van der Waals surface area contributed by atoms with Gasteiger partial charge in [-0.1, -0.05) is 54.3 Å². The van der Waals surface area contributed by atoms with Gasteiger partial charge in [0.05, 0.1) is 6.54 Å². The van der Waals surface area contributed by atoms with Gasteiger partial charge in [-0.2, -0.15) is 0 Å². The standard InChI is InChI=1S/C18H24N4O2S2/c23-16(19-11-14-5-2-1-3-6-14)12-21-7-4-8-22(10-9-21)17(24)15-13-26-18(25)20-15/h1-3,5-6,15H,4,7-13H2,(H,19,23)(H,20,25). The molecule has 1 atom stereocenters. The van der Waals surface area contributed by atoms with Crippen LogP contribution in [-0.2, 0) is 16.1 Å². The van der Waals surface area contributed by atoms with Crippen molar-refractivity contribution >= 4 is 40.1 Å². The average molecular weight is 393 g/mol. The first-order valence-electron chi connectivity index (χ1n) is 8.87. The molecule has 0 aromatic heterocycles. The molecule has 3 rings (SSSR count). The molecule has 2 amide bonds. The molecule has 2 aliphatic heterocycles. The zero-order chi connectivity index (χ0) is 18.4. The van der Waals surface area contributed by atoms with Crippen molar-refractivity contribution in [3.8, 4) is 0 Å². The maximum absolute atomic E-state index is 12.6. The lowest BCUT2D eigenvalue weighted by Gasteiger charge is -2.24. The molecule has 140 valence electrons. The fraction of sp³-hybridized carbons (Fsp3) is 0.500. The number of amides is 2. The molecule has 0 bridgehead atoms. The molecule has 2 aliphatic rings. The van der Waals surface area contributed by atoms with Crippen LogP contribution in [0.15, 0.2) is 30.3 Å². The molecular formula is C18H24N4O2S2. The molecule has 0 saturated carbocycles. The second kappa shape index (κ2) is 9.34. The Morgan fingerprint density at radius 3 is 2.73 bits per heavy atom. The van der Waals surface area contributed by atoms with Crippen molar-refractivity contribution in [2.75, 3.05) is 38.5 Å². The third-order valence-electron chi connectivity index (χ3n) is 4.57. The Labute approximate surface area is 163 Å². The van der Waals surface area contributed by atoms with Crippen LogP contribution < -0.4 is 10.6 Å². The Morgan fingerprint density at radius 2 is 2.00 bits per heavy atom. The van der Waals surface area contributed by atoms with Crippen molar-refractivity contribution in [1.82, 2.24) is 20.4 Å². The number of thiocarbonyl (C=S) groups is 1. The number of carbonyl (C=O) groups excluding carboxylic acids is 2. The van der Waals surface area contributed by atoms with Crippen LogP contribution in [0.4, 0.5) is 0 Å². The minimum atomic E-state index is -0.201. The third kappa shape index (κ3) is 5.43. The minimum Gasteiger partial charge on any atom is -0.359 e. The molecular weight excluding hydrogens is 368 g/mol. The molecule has 2 N–H and O–H groups in total. The molecule has 2 saturated heterocycles. The average Bonchev–Trinajstić information content (AvgIpc) is 2.95. The van der Waals surface area contributed by atoms with Gasteiger partial charge < -0.3 is 15.5 Å². The summed E-state index contributed by atoms with van der Waals surface area (Å²) >= 11 is 6.62. The van der Waals surface area contributed by atoms with Crippen LogP contribution in [0.3, 0.4) is 0 Å². The van der Waals surface area contributed by atoms with E-state index in [1.54, 1.807) is 0 Å². The van der Waals surface area contributed by atoms with Crippen LogP contribution in [0.1, 0.15) is 12.0 Å². The van der Waals surface area contributed by atoms with Crippen molar-refractivity contribution in [3.05, 3.63) is 35.9 Å². The highest BCUT2D eigenvalue weighted by Crippen LogP contribution is 2.16. The van der Waals surface area contributed by atoms with Crippen molar-refractivity contribution in [3.63, 3.8) is 0 Å². The summed E-state index contributed by atoms with van der Waals surface area (Å²) in [5.74, 6) is 0.848. The van der Waals surface area contributed by atoms with Gasteiger partial charge >= 0.3 is 0 Å². The lowest BCUT2D eigenvalue weighted by molar-refractivity contribution is -0.132. The fourth-order valence-corrected chi connectivity index (χ4v) is 4.26.